The molecule has 0 saturated carbocycles. The van der Waals surface area contributed by atoms with Gasteiger partial charge in [0.25, 0.3) is 5.91 Å². The van der Waals surface area contributed by atoms with Gasteiger partial charge in [-0.3, -0.25) is 4.79 Å². The minimum Gasteiger partial charge on any atom is -0.335 e. The number of amides is 1. The number of hydrogen-bond acceptors (Lipinski definition) is 3. The maximum atomic E-state index is 13.6. The molecule has 2 aromatic rings. The van der Waals surface area contributed by atoms with Gasteiger partial charge in [-0.1, -0.05) is 6.07 Å². The van der Waals surface area contributed by atoms with Crippen molar-refractivity contribution in [2.24, 2.45) is 0 Å². The summed E-state index contributed by atoms with van der Waals surface area (Å²) in [7, 11) is 0. The zero-order chi connectivity index (χ0) is 16.3. The molecule has 0 aliphatic rings. The lowest BCUT2D eigenvalue weighted by molar-refractivity contribution is -0.156. The quantitative estimate of drug-likeness (QED) is 0.886. The molecule has 0 fully saturated rings. The zero-order valence-corrected chi connectivity index (χ0v) is 10.7. The standard InChI is InChI=1S/C13H8F5N3O/c14-7-2-1-3-8(15)10(7)11(13(16,17)18)21-12(22)9-4-5-19-6-20-9/h1-6,11H,(H,21,22). The van der Waals surface area contributed by atoms with Crippen molar-refractivity contribution in [2.75, 3.05) is 0 Å². The zero-order valence-electron chi connectivity index (χ0n) is 10.7. The van der Waals surface area contributed by atoms with Crippen molar-refractivity contribution in [1.29, 1.82) is 0 Å². The van der Waals surface area contributed by atoms with Crippen LogP contribution in [-0.4, -0.2) is 22.1 Å². The Morgan fingerprint density at radius 1 is 1.14 bits per heavy atom. The molecular formula is C13H8F5N3O. The van der Waals surface area contributed by atoms with Crippen molar-refractivity contribution in [3.05, 3.63) is 59.7 Å². The molecule has 1 unspecified atom stereocenters. The van der Waals surface area contributed by atoms with Crippen molar-refractivity contribution in [2.45, 2.75) is 12.2 Å². The lowest BCUT2D eigenvalue weighted by atomic mass is 10.0. The number of aromatic nitrogens is 2. The van der Waals surface area contributed by atoms with E-state index in [1.165, 1.54) is 5.32 Å². The molecule has 1 N–H and O–H groups in total. The summed E-state index contributed by atoms with van der Waals surface area (Å²) in [5, 5.41) is 1.54. The van der Waals surface area contributed by atoms with Gasteiger partial charge in [0.05, 0.1) is 5.56 Å². The van der Waals surface area contributed by atoms with Crippen LogP contribution in [0.3, 0.4) is 0 Å². The van der Waals surface area contributed by atoms with E-state index in [0.29, 0.717) is 12.1 Å². The van der Waals surface area contributed by atoms with Crippen LogP contribution >= 0.6 is 0 Å². The van der Waals surface area contributed by atoms with Crippen LogP contribution in [0.1, 0.15) is 22.1 Å². The molecule has 9 heteroatoms. The number of nitrogens with zero attached hydrogens (tertiary/aromatic N) is 2. The molecule has 0 spiro atoms. The second kappa shape index (κ2) is 6.04. The molecule has 4 nitrogen and oxygen atoms in total. The second-order valence-corrected chi connectivity index (χ2v) is 4.18. The van der Waals surface area contributed by atoms with E-state index in [1.807, 2.05) is 0 Å². The molecule has 0 bridgehead atoms. The maximum Gasteiger partial charge on any atom is 0.413 e. The smallest absolute Gasteiger partial charge is 0.335 e. The van der Waals surface area contributed by atoms with Gasteiger partial charge in [-0.25, -0.2) is 18.7 Å². The van der Waals surface area contributed by atoms with Crippen LogP contribution < -0.4 is 5.32 Å². The van der Waals surface area contributed by atoms with E-state index in [2.05, 4.69) is 9.97 Å². The maximum absolute atomic E-state index is 13.6. The van der Waals surface area contributed by atoms with Gasteiger partial charge in [-0.05, 0) is 18.2 Å². The predicted molar refractivity (Wildman–Crippen MR) is 64.7 cm³/mol. The van der Waals surface area contributed by atoms with E-state index in [4.69, 9.17) is 0 Å². The van der Waals surface area contributed by atoms with Crippen LogP contribution in [0, 0.1) is 11.6 Å². The summed E-state index contributed by atoms with van der Waals surface area (Å²) < 4.78 is 66.3. The molecule has 1 amide bonds. The van der Waals surface area contributed by atoms with Crippen LogP contribution in [0.2, 0.25) is 0 Å². The molecule has 0 radical (unpaired) electrons. The van der Waals surface area contributed by atoms with Crippen molar-refractivity contribution in [1.82, 2.24) is 15.3 Å². The lowest BCUT2D eigenvalue weighted by Gasteiger charge is -2.22. The number of hydrogen-bond donors (Lipinski definition) is 1. The van der Waals surface area contributed by atoms with Gasteiger partial charge in [0.15, 0.2) is 6.04 Å². The summed E-state index contributed by atoms with van der Waals surface area (Å²) in [5.41, 5.74) is -1.64. The van der Waals surface area contributed by atoms with E-state index in [1.54, 1.807) is 0 Å². The van der Waals surface area contributed by atoms with Gasteiger partial charge in [0.1, 0.15) is 23.7 Å². The highest BCUT2D eigenvalue weighted by Crippen LogP contribution is 2.35. The molecule has 2 rings (SSSR count). The SMILES string of the molecule is O=C(NC(c1c(F)cccc1F)C(F)(F)F)c1ccncn1. The van der Waals surface area contributed by atoms with Gasteiger partial charge in [0, 0.05) is 6.20 Å². The fraction of sp³-hybridized carbons (Fsp3) is 0.154. The minimum absolute atomic E-state index is 0.360. The van der Waals surface area contributed by atoms with Crippen LogP contribution in [0.5, 0.6) is 0 Å². The Morgan fingerprint density at radius 3 is 2.27 bits per heavy atom. The minimum atomic E-state index is -5.09. The monoisotopic (exact) mass is 317 g/mol. The summed E-state index contributed by atoms with van der Waals surface area (Å²) in [5.74, 6) is -4.05. The summed E-state index contributed by atoms with van der Waals surface area (Å²) in [4.78, 5) is 18.7. The van der Waals surface area contributed by atoms with Crippen LogP contribution in [0.25, 0.3) is 0 Å². The Hall–Kier alpha value is -2.58. The molecule has 1 aromatic heterocycles. The van der Waals surface area contributed by atoms with Crippen molar-refractivity contribution >= 4 is 5.91 Å². The molecule has 116 valence electrons. The Morgan fingerprint density at radius 2 is 1.77 bits per heavy atom. The average Bonchev–Trinajstić information content (AvgIpc) is 2.45. The molecule has 1 atom stereocenters. The molecule has 1 aromatic carbocycles. The number of carbonyl (C=O) groups excluding carboxylic acids is 1. The van der Waals surface area contributed by atoms with E-state index in [0.717, 1.165) is 24.7 Å². The van der Waals surface area contributed by atoms with Gasteiger partial charge >= 0.3 is 6.18 Å². The summed E-state index contributed by atoms with van der Waals surface area (Å²) >= 11 is 0. The first-order valence-electron chi connectivity index (χ1n) is 5.88. The number of carbonyl (C=O) groups is 1. The highest BCUT2D eigenvalue weighted by molar-refractivity contribution is 5.92. The number of alkyl halides is 3. The molecule has 0 saturated heterocycles. The fourth-order valence-corrected chi connectivity index (χ4v) is 1.73. The van der Waals surface area contributed by atoms with E-state index in [-0.39, 0.29) is 5.69 Å². The first-order valence-corrected chi connectivity index (χ1v) is 5.88. The third-order valence-corrected chi connectivity index (χ3v) is 2.71. The van der Waals surface area contributed by atoms with Crippen LogP contribution in [0.15, 0.2) is 36.8 Å². The van der Waals surface area contributed by atoms with Crippen LogP contribution in [-0.2, 0) is 0 Å². The average molecular weight is 317 g/mol. The van der Waals surface area contributed by atoms with Gasteiger partial charge in [0.2, 0.25) is 0 Å². The van der Waals surface area contributed by atoms with Crippen LogP contribution in [0.4, 0.5) is 22.0 Å². The van der Waals surface area contributed by atoms with Crippen molar-refractivity contribution in [3.63, 3.8) is 0 Å². The summed E-state index contributed by atoms with van der Waals surface area (Å²) in [6.07, 6.45) is -2.99. The van der Waals surface area contributed by atoms with Gasteiger partial charge in [-0.15, -0.1) is 0 Å². The fourth-order valence-electron chi connectivity index (χ4n) is 1.73. The van der Waals surface area contributed by atoms with E-state index >= 15 is 0 Å². The normalized spacial score (nSPS) is 12.8. The summed E-state index contributed by atoms with van der Waals surface area (Å²) in [6, 6.07) is 0.507. The first kappa shape index (κ1) is 15.8. The highest BCUT2D eigenvalue weighted by Gasteiger charge is 2.45. The summed E-state index contributed by atoms with van der Waals surface area (Å²) in [6.45, 7) is 0. The Balaban J connectivity index is 2.39. The Bertz CT molecular complexity index is 655. The third-order valence-electron chi connectivity index (χ3n) is 2.71. The topological polar surface area (TPSA) is 54.9 Å². The van der Waals surface area contributed by atoms with Crippen molar-refractivity contribution in [3.8, 4) is 0 Å². The van der Waals surface area contributed by atoms with Gasteiger partial charge < -0.3 is 5.32 Å². The lowest BCUT2D eigenvalue weighted by Crippen LogP contribution is -2.39. The molecule has 22 heavy (non-hydrogen) atoms. The molecule has 0 aliphatic heterocycles. The number of benzene rings is 1. The number of halogens is 5. The van der Waals surface area contributed by atoms with E-state index in [9.17, 15) is 26.7 Å². The molecule has 1 heterocycles. The number of nitrogens with one attached hydrogen (secondary N) is 1. The second-order valence-electron chi connectivity index (χ2n) is 4.18. The largest absolute Gasteiger partial charge is 0.413 e. The van der Waals surface area contributed by atoms with Gasteiger partial charge in [-0.2, -0.15) is 13.2 Å². The first-order chi connectivity index (χ1) is 10.3. The number of rotatable bonds is 3. The predicted octanol–water partition coefficient (Wildman–Crippen LogP) is 2.79. The third kappa shape index (κ3) is 3.35. The van der Waals surface area contributed by atoms with Crippen molar-refractivity contribution < 1.29 is 26.7 Å². The Labute approximate surface area is 121 Å². The molecular weight excluding hydrogens is 309 g/mol. The Kier molecular flexibility index (Phi) is 4.34. The molecule has 0 aliphatic carbocycles. The highest BCUT2D eigenvalue weighted by atomic mass is 19.4. The van der Waals surface area contributed by atoms with E-state index < -0.39 is 35.3 Å².